The maximum absolute atomic E-state index is 12.9. The highest BCUT2D eigenvalue weighted by molar-refractivity contribution is 5.95. The first kappa shape index (κ1) is 17.7. The van der Waals surface area contributed by atoms with Crippen molar-refractivity contribution in [2.45, 2.75) is 13.8 Å². The number of para-hydroxylation sites is 1. The van der Waals surface area contributed by atoms with Gasteiger partial charge in [-0.1, -0.05) is 12.1 Å². The second-order valence-corrected chi connectivity index (χ2v) is 6.62. The van der Waals surface area contributed by atoms with Crippen LogP contribution in [0.25, 0.3) is 0 Å². The number of aryl methyl sites for hydroxylation is 2. The van der Waals surface area contributed by atoms with E-state index in [1.165, 1.54) is 4.57 Å². The summed E-state index contributed by atoms with van der Waals surface area (Å²) in [6.07, 6.45) is 0. The van der Waals surface area contributed by atoms with Crippen molar-refractivity contribution in [2.75, 3.05) is 31.1 Å². The highest BCUT2D eigenvalue weighted by Crippen LogP contribution is 2.21. The van der Waals surface area contributed by atoms with Crippen LogP contribution in [0.3, 0.4) is 0 Å². The highest BCUT2D eigenvalue weighted by atomic mass is 16.2. The first-order chi connectivity index (χ1) is 12.4. The molecule has 1 saturated heterocycles. The largest absolute Gasteiger partial charge is 0.367 e. The molecule has 1 aromatic carbocycles. The van der Waals surface area contributed by atoms with Crippen LogP contribution in [-0.2, 0) is 7.05 Å². The number of hydrogen-bond acceptors (Lipinski definition) is 4. The van der Waals surface area contributed by atoms with E-state index in [-0.39, 0.29) is 17.0 Å². The number of hydrogen-bond donors (Lipinski definition) is 0. The third-order valence-corrected chi connectivity index (χ3v) is 5.01. The second kappa shape index (κ2) is 7.04. The van der Waals surface area contributed by atoms with E-state index in [0.717, 1.165) is 11.4 Å². The number of pyridine rings is 1. The number of carbonyl (C=O) groups is 1. The summed E-state index contributed by atoms with van der Waals surface area (Å²) in [5.74, 6) is -0.212. The molecule has 0 saturated carbocycles. The van der Waals surface area contributed by atoms with Crippen LogP contribution in [0.2, 0.25) is 0 Å². The summed E-state index contributed by atoms with van der Waals surface area (Å²) in [5.41, 5.74) is 3.09. The van der Waals surface area contributed by atoms with E-state index in [2.05, 4.69) is 11.0 Å². The Balaban J connectivity index is 1.79. The van der Waals surface area contributed by atoms with Gasteiger partial charge in [0.15, 0.2) is 0 Å². The molecule has 26 heavy (non-hydrogen) atoms. The highest BCUT2D eigenvalue weighted by Gasteiger charge is 2.26. The number of benzene rings is 1. The zero-order valence-electron chi connectivity index (χ0n) is 15.3. The molecule has 1 amide bonds. The number of carbonyl (C=O) groups excluding carboxylic acids is 1. The summed E-state index contributed by atoms with van der Waals surface area (Å²) in [6.45, 7) is 5.98. The quantitative estimate of drug-likeness (QED) is 0.829. The Morgan fingerprint density at radius 2 is 1.77 bits per heavy atom. The van der Waals surface area contributed by atoms with Crippen molar-refractivity contribution in [2.24, 2.45) is 7.05 Å². The lowest BCUT2D eigenvalue weighted by molar-refractivity contribution is 0.0743. The van der Waals surface area contributed by atoms with Gasteiger partial charge < -0.3 is 14.4 Å². The molecule has 6 nitrogen and oxygen atoms in total. The summed E-state index contributed by atoms with van der Waals surface area (Å²) in [4.78, 5) is 29.3. The molecule has 1 aliphatic heterocycles. The van der Waals surface area contributed by atoms with Gasteiger partial charge >= 0.3 is 0 Å². The van der Waals surface area contributed by atoms with Gasteiger partial charge in [-0.2, -0.15) is 5.26 Å². The number of amides is 1. The van der Waals surface area contributed by atoms with Crippen LogP contribution < -0.4 is 10.5 Å². The molecule has 6 heteroatoms. The van der Waals surface area contributed by atoms with Crippen molar-refractivity contribution in [3.63, 3.8) is 0 Å². The Morgan fingerprint density at radius 1 is 1.12 bits per heavy atom. The van der Waals surface area contributed by atoms with E-state index >= 15 is 0 Å². The Kier molecular flexibility index (Phi) is 4.81. The topological polar surface area (TPSA) is 69.3 Å². The molecule has 0 spiro atoms. The fraction of sp³-hybridized carbons (Fsp3) is 0.350. The van der Waals surface area contributed by atoms with E-state index in [1.54, 1.807) is 24.9 Å². The fourth-order valence-electron chi connectivity index (χ4n) is 3.39. The van der Waals surface area contributed by atoms with Gasteiger partial charge in [-0.05, 0) is 37.6 Å². The molecule has 3 rings (SSSR count). The van der Waals surface area contributed by atoms with Gasteiger partial charge in [0.05, 0.1) is 11.3 Å². The van der Waals surface area contributed by atoms with Crippen LogP contribution in [0, 0.1) is 25.2 Å². The van der Waals surface area contributed by atoms with Gasteiger partial charge in [0.1, 0.15) is 11.6 Å². The minimum Gasteiger partial charge on any atom is -0.367 e. The summed E-state index contributed by atoms with van der Waals surface area (Å²) in [5, 5.41) is 9.27. The maximum Gasteiger partial charge on any atom is 0.263 e. The van der Waals surface area contributed by atoms with Gasteiger partial charge in [-0.15, -0.1) is 0 Å². The molecular formula is C20H22N4O2. The van der Waals surface area contributed by atoms with Crippen LogP contribution >= 0.6 is 0 Å². The minimum atomic E-state index is -0.246. The molecule has 0 unspecified atom stereocenters. The van der Waals surface area contributed by atoms with Crippen LogP contribution in [-0.4, -0.2) is 41.6 Å². The van der Waals surface area contributed by atoms with E-state index in [1.807, 2.05) is 31.2 Å². The maximum atomic E-state index is 12.9. The van der Waals surface area contributed by atoms with Crippen LogP contribution in [0.1, 0.15) is 27.2 Å². The van der Waals surface area contributed by atoms with E-state index in [4.69, 9.17) is 0 Å². The molecule has 134 valence electrons. The van der Waals surface area contributed by atoms with Crippen molar-refractivity contribution in [3.05, 3.63) is 63.1 Å². The Bertz CT molecular complexity index is 947. The average molecular weight is 350 g/mol. The lowest BCUT2D eigenvalue weighted by atomic mass is 10.1. The number of nitriles is 1. The number of rotatable bonds is 2. The van der Waals surface area contributed by atoms with Crippen molar-refractivity contribution in [1.29, 1.82) is 5.26 Å². The van der Waals surface area contributed by atoms with Crippen LogP contribution in [0.4, 0.5) is 5.69 Å². The Morgan fingerprint density at radius 3 is 2.42 bits per heavy atom. The molecule has 0 N–H and O–H groups in total. The summed E-state index contributed by atoms with van der Waals surface area (Å²) >= 11 is 0. The zero-order valence-corrected chi connectivity index (χ0v) is 15.3. The summed E-state index contributed by atoms with van der Waals surface area (Å²) in [6, 6.07) is 11.6. The second-order valence-electron chi connectivity index (χ2n) is 6.62. The minimum absolute atomic E-state index is 0.212. The van der Waals surface area contributed by atoms with Gasteiger partial charge in [0.25, 0.3) is 11.5 Å². The Hall–Kier alpha value is -3.07. The molecule has 1 aromatic heterocycles. The smallest absolute Gasteiger partial charge is 0.263 e. The average Bonchev–Trinajstić information content (AvgIpc) is 2.66. The first-order valence-electron chi connectivity index (χ1n) is 8.64. The van der Waals surface area contributed by atoms with Gasteiger partial charge in [0.2, 0.25) is 0 Å². The standard InChI is InChI=1S/C20H22N4O2/c1-14-12-15(2)22(3)19(25)18(14)20(26)24-10-8-23(9-11-24)17-7-5-4-6-16(17)13-21/h4-7,12H,8-11H2,1-3H3. The SMILES string of the molecule is Cc1cc(C)n(C)c(=O)c1C(=O)N1CCN(c2ccccc2C#N)CC1. The molecule has 0 radical (unpaired) electrons. The molecule has 1 fully saturated rings. The number of nitrogens with zero attached hydrogens (tertiary/aromatic N) is 4. The normalized spacial score (nSPS) is 14.2. The monoisotopic (exact) mass is 350 g/mol. The molecule has 0 aliphatic carbocycles. The molecular weight excluding hydrogens is 328 g/mol. The lowest BCUT2D eigenvalue weighted by Gasteiger charge is -2.36. The van der Waals surface area contributed by atoms with E-state index in [9.17, 15) is 14.9 Å². The predicted octanol–water partition coefficient (Wildman–Crippen LogP) is 1.84. The zero-order chi connectivity index (χ0) is 18.8. The summed E-state index contributed by atoms with van der Waals surface area (Å²) in [7, 11) is 1.69. The predicted molar refractivity (Wildman–Crippen MR) is 100 cm³/mol. The summed E-state index contributed by atoms with van der Waals surface area (Å²) < 4.78 is 1.51. The van der Waals surface area contributed by atoms with Gasteiger partial charge in [0, 0.05) is 38.9 Å². The van der Waals surface area contributed by atoms with E-state index < -0.39 is 0 Å². The van der Waals surface area contributed by atoms with Gasteiger partial charge in [-0.25, -0.2) is 0 Å². The van der Waals surface area contributed by atoms with Crippen LogP contribution in [0.15, 0.2) is 35.1 Å². The van der Waals surface area contributed by atoms with Crippen molar-refractivity contribution in [1.82, 2.24) is 9.47 Å². The molecule has 1 aliphatic rings. The molecule has 0 bridgehead atoms. The van der Waals surface area contributed by atoms with Crippen molar-refractivity contribution in [3.8, 4) is 6.07 Å². The third kappa shape index (κ3) is 3.08. The molecule has 0 atom stereocenters. The number of anilines is 1. The fourth-order valence-corrected chi connectivity index (χ4v) is 3.39. The van der Waals surface area contributed by atoms with Gasteiger partial charge in [-0.3, -0.25) is 9.59 Å². The van der Waals surface area contributed by atoms with Crippen LogP contribution in [0.5, 0.6) is 0 Å². The third-order valence-electron chi connectivity index (χ3n) is 5.01. The Labute approximate surface area is 152 Å². The number of aromatic nitrogens is 1. The number of piperazine rings is 1. The van der Waals surface area contributed by atoms with E-state index in [0.29, 0.717) is 37.3 Å². The lowest BCUT2D eigenvalue weighted by Crippen LogP contribution is -2.50. The first-order valence-corrected chi connectivity index (χ1v) is 8.64. The molecule has 2 heterocycles. The van der Waals surface area contributed by atoms with Crippen molar-refractivity contribution >= 4 is 11.6 Å². The van der Waals surface area contributed by atoms with Crippen molar-refractivity contribution < 1.29 is 4.79 Å². The molecule has 2 aromatic rings.